The van der Waals surface area contributed by atoms with Crippen molar-refractivity contribution in [3.8, 4) is 22.8 Å². The van der Waals surface area contributed by atoms with Gasteiger partial charge >= 0.3 is 0 Å². The molecule has 0 unspecified atom stereocenters. The molecule has 5 rings (SSSR count). The molecule has 3 aromatic rings. The van der Waals surface area contributed by atoms with E-state index in [2.05, 4.69) is 41.5 Å². The number of aryl methyl sites for hydroxylation is 2. The van der Waals surface area contributed by atoms with Crippen LogP contribution in [0.15, 0.2) is 42.5 Å². The summed E-state index contributed by atoms with van der Waals surface area (Å²) in [4.78, 5) is 18.4. The fourth-order valence-electron chi connectivity index (χ4n) is 4.17. The lowest BCUT2D eigenvalue weighted by Gasteiger charge is -2.21. The molecular weight excluding hydrogens is 396 g/mol. The second-order valence-electron chi connectivity index (χ2n) is 8.08. The van der Waals surface area contributed by atoms with E-state index >= 15 is 0 Å². The van der Waals surface area contributed by atoms with Crippen LogP contribution in [0.4, 0.5) is 5.69 Å². The minimum atomic E-state index is -0.492. The zero-order valence-electron chi connectivity index (χ0n) is 17.2. The van der Waals surface area contributed by atoms with Gasteiger partial charge in [0.2, 0.25) is 5.91 Å². The number of benzene rings is 2. The first-order valence-electron chi connectivity index (χ1n) is 10.3. The Balaban J connectivity index is 1.30. The Morgan fingerprint density at radius 2 is 1.80 bits per heavy atom. The van der Waals surface area contributed by atoms with Crippen LogP contribution in [0.1, 0.15) is 41.1 Å². The summed E-state index contributed by atoms with van der Waals surface area (Å²) in [6, 6.07) is 13.9. The van der Waals surface area contributed by atoms with E-state index < -0.39 is 5.79 Å². The van der Waals surface area contributed by atoms with Crippen molar-refractivity contribution in [3.63, 3.8) is 0 Å². The Morgan fingerprint density at radius 3 is 2.57 bits per heavy atom. The number of aromatic nitrogens is 1. The molecule has 1 aromatic heterocycles. The van der Waals surface area contributed by atoms with Crippen LogP contribution in [0.3, 0.4) is 0 Å². The molecule has 0 saturated heterocycles. The van der Waals surface area contributed by atoms with Gasteiger partial charge in [-0.05, 0) is 38.8 Å². The highest BCUT2D eigenvalue weighted by atomic mass is 32.1. The number of ether oxygens (including phenoxy) is 2. The number of rotatable bonds is 4. The zero-order valence-corrected chi connectivity index (χ0v) is 18.0. The third kappa shape index (κ3) is 3.67. The van der Waals surface area contributed by atoms with Gasteiger partial charge < -0.3 is 14.8 Å². The number of fused-ring (bicyclic) bond motifs is 1. The summed E-state index contributed by atoms with van der Waals surface area (Å²) in [5.41, 5.74) is 3.85. The van der Waals surface area contributed by atoms with Crippen molar-refractivity contribution >= 4 is 22.9 Å². The maximum atomic E-state index is 12.8. The maximum absolute atomic E-state index is 12.8. The number of anilines is 1. The van der Waals surface area contributed by atoms with Crippen molar-refractivity contribution in [1.29, 1.82) is 0 Å². The van der Waals surface area contributed by atoms with E-state index in [1.807, 2.05) is 25.1 Å². The molecule has 1 aliphatic carbocycles. The fraction of sp³-hybridized carbons (Fsp3) is 0.333. The standard InChI is InChI=1S/C24H24N2O3S/c1-15-5-7-17(8-6-15)23-21(30-16(2)25-23)14-22(27)26-18-9-10-19-20(13-18)29-24(28-19)11-3-4-12-24/h5-10,13H,3-4,11-12,14H2,1-2H3,(H,26,27). The Hall–Kier alpha value is -2.86. The Kier molecular flexibility index (Phi) is 4.74. The molecule has 0 bridgehead atoms. The number of amides is 1. The topological polar surface area (TPSA) is 60.5 Å². The van der Waals surface area contributed by atoms with Crippen LogP contribution in [0.25, 0.3) is 11.3 Å². The monoisotopic (exact) mass is 420 g/mol. The van der Waals surface area contributed by atoms with Crippen molar-refractivity contribution in [2.75, 3.05) is 5.32 Å². The van der Waals surface area contributed by atoms with Crippen molar-refractivity contribution in [3.05, 3.63) is 57.9 Å². The van der Waals surface area contributed by atoms with Crippen LogP contribution in [0.5, 0.6) is 11.5 Å². The maximum Gasteiger partial charge on any atom is 0.251 e. The average molecular weight is 421 g/mol. The number of nitrogens with one attached hydrogen (secondary N) is 1. The lowest BCUT2D eigenvalue weighted by Crippen LogP contribution is -2.34. The zero-order chi connectivity index (χ0) is 20.7. The molecule has 2 aliphatic rings. The van der Waals surface area contributed by atoms with Crippen LogP contribution < -0.4 is 14.8 Å². The lowest BCUT2D eigenvalue weighted by atomic mass is 10.1. The average Bonchev–Trinajstić information content (AvgIpc) is 3.41. The number of hydrogen-bond donors (Lipinski definition) is 1. The molecule has 1 aliphatic heterocycles. The van der Waals surface area contributed by atoms with Gasteiger partial charge in [-0.15, -0.1) is 11.3 Å². The fourth-order valence-corrected chi connectivity index (χ4v) is 5.12. The molecule has 1 fully saturated rings. The molecule has 2 aromatic carbocycles. The van der Waals surface area contributed by atoms with E-state index in [0.29, 0.717) is 5.75 Å². The van der Waals surface area contributed by atoms with E-state index in [-0.39, 0.29) is 12.3 Å². The van der Waals surface area contributed by atoms with Crippen LogP contribution in [0.2, 0.25) is 0 Å². The first-order valence-corrected chi connectivity index (χ1v) is 11.2. The van der Waals surface area contributed by atoms with Gasteiger partial charge in [-0.25, -0.2) is 4.98 Å². The van der Waals surface area contributed by atoms with Crippen LogP contribution in [-0.2, 0) is 11.2 Å². The van der Waals surface area contributed by atoms with Gasteiger partial charge in [-0.3, -0.25) is 4.79 Å². The summed E-state index contributed by atoms with van der Waals surface area (Å²) >= 11 is 1.57. The third-order valence-corrected chi connectivity index (χ3v) is 6.61. The van der Waals surface area contributed by atoms with Crippen LogP contribution in [-0.4, -0.2) is 16.7 Å². The molecule has 1 N–H and O–H groups in total. The Morgan fingerprint density at radius 1 is 1.07 bits per heavy atom. The highest BCUT2D eigenvalue weighted by Gasteiger charge is 2.44. The molecule has 154 valence electrons. The van der Waals surface area contributed by atoms with E-state index in [4.69, 9.17) is 9.47 Å². The second-order valence-corrected chi connectivity index (χ2v) is 9.37. The van der Waals surface area contributed by atoms with Gasteiger partial charge in [-0.1, -0.05) is 29.8 Å². The van der Waals surface area contributed by atoms with Gasteiger partial charge in [-0.2, -0.15) is 0 Å². The molecular formula is C24H24N2O3S. The minimum Gasteiger partial charge on any atom is -0.448 e. The summed E-state index contributed by atoms with van der Waals surface area (Å²) in [7, 11) is 0. The predicted octanol–water partition coefficient (Wildman–Crippen LogP) is 5.65. The summed E-state index contributed by atoms with van der Waals surface area (Å²) < 4.78 is 12.1. The molecule has 2 heterocycles. The lowest BCUT2D eigenvalue weighted by molar-refractivity contribution is -0.115. The summed E-state index contributed by atoms with van der Waals surface area (Å²) in [6.07, 6.45) is 4.35. The van der Waals surface area contributed by atoms with Gasteiger partial charge in [0.1, 0.15) is 0 Å². The van der Waals surface area contributed by atoms with Crippen molar-refractivity contribution in [2.24, 2.45) is 0 Å². The first-order chi connectivity index (χ1) is 14.5. The molecule has 6 heteroatoms. The minimum absolute atomic E-state index is 0.0681. The summed E-state index contributed by atoms with van der Waals surface area (Å²) in [5, 5.41) is 3.96. The Bertz CT molecular complexity index is 1100. The number of nitrogens with zero attached hydrogens (tertiary/aromatic N) is 1. The molecule has 0 radical (unpaired) electrons. The molecule has 30 heavy (non-hydrogen) atoms. The highest BCUT2D eigenvalue weighted by molar-refractivity contribution is 7.12. The van der Waals surface area contributed by atoms with E-state index in [1.165, 1.54) is 5.56 Å². The van der Waals surface area contributed by atoms with Gasteiger partial charge in [0.15, 0.2) is 11.5 Å². The van der Waals surface area contributed by atoms with Gasteiger partial charge in [0.05, 0.1) is 17.1 Å². The quantitative estimate of drug-likeness (QED) is 0.592. The smallest absolute Gasteiger partial charge is 0.251 e. The highest BCUT2D eigenvalue weighted by Crippen LogP contribution is 2.47. The van der Waals surface area contributed by atoms with Crippen LogP contribution in [0, 0.1) is 13.8 Å². The van der Waals surface area contributed by atoms with Crippen LogP contribution >= 0.6 is 11.3 Å². The Labute approximate surface area is 180 Å². The second kappa shape index (κ2) is 7.43. The normalized spacial score (nSPS) is 16.2. The van der Waals surface area contributed by atoms with E-state index in [9.17, 15) is 4.79 Å². The predicted molar refractivity (Wildman–Crippen MR) is 118 cm³/mol. The SMILES string of the molecule is Cc1ccc(-c2nc(C)sc2CC(=O)Nc2ccc3c(c2)OC2(CCCC2)O3)cc1. The molecule has 5 nitrogen and oxygen atoms in total. The van der Waals surface area contributed by atoms with Gasteiger partial charge in [0, 0.05) is 35.0 Å². The molecule has 1 spiro atoms. The number of hydrogen-bond acceptors (Lipinski definition) is 5. The number of thiazole rings is 1. The van der Waals surface area contributed by atoms with Crippen molar-refractivity contribution in [1.82, 2.24) is 4.98 Å². The summed E-state index contributed by atoms with van der Waals surface area (Å²) in [5.74, 6) is 0.911. The van der Waals surface area contributed by atoms with E-state index in [0.717, 1.165) is 58.3 Å². The molecule has 1 saturated carbocycles. The molecule has 1 amide bonds. The third-order valence-electron chi connectivity index (χ3n) is 5.64. The van der Waals surface area contributed by atoms with Gasteiger partial charge in [0.25, 0.3) is 5.79 Å². The summed E-state index contributed by atoms with van der Waals surface area (Å²) in [6.45, 7) is 4.03. The number of carbonyl (C=O) groups excluding carboxylic acids is 1. The van der Waals surface area contributed by atoms with E-state index in [1.54, 1.807) is 11.3 Å². The van der Waals surface area contributed by atoms with Crippen molar-refractivity contribution in [2.45, 2.75) is 51.7 Å². The molecule has 0 atom stereocenters. The first kappa shape index (κ1) is 19.1. The number of carbonyl (C=O) groups is 1. The largest absolute Gasteiger partial charge is 0.448 e. The van der Waals surface area contributed by atoms with Crippen molar-refractivity contribution < 1.29 is 14.3 Å².